The van der Waals surface area contributed by atoms with E-state index in [0.29, 0.717) is 11.7 Å². The first kappa shape index (κ1) is 17.4. The summed E-state index contributed by atoms with van der Waals surface area (Å²) in [4.78, 5) is 7.12. The lowest BCUT2D eigenvalue weighted by molar-refractivity contribution is 0.179. The molecular formula is C18H25ClN4O. The van der Waals surface area contributed by atoms with Crippen LogP contribution in [0.5, 0.6) is 0 Å². The summed E-state index contributed by atoms with van der Waals surface area (Å²) >= 11 is 0. The highest BCUT2D eigenvalue weighted by Crippen LogP contribution is 2.38. The Balaban J connectivity index is 0.00000169. The third-order valence-electron chi connectivity index (χ3n) is 5.24. The van der Waals surface area contributed by atoms with Gasteiger partial charge in [-0.05, 0) is 44.2 Å². The first-order valence-corrected chi connectivity index (χ1v) is 8.62. The largest absolute Gasteiger partial charge is 0.339 e. The van der Waals surface area contributed by atoms with Gasteiger partial charge >= 0.3 is 0 Å². The Morgan fingerprint density at radius 1 is 1.21 bits per heavy atom. The topological polar surface area (TPSA) is 68.2 Å². The van der Waals surface area contributed by atoms with Crippen LogP contribution < -0.4 is 5.73 Å². The summed E-state index contributed by atoms with van der Waals surface area (Å²) in [5.41, 5.74) is 7.32. The molecular weight excluding hydrogens is 324 g/mol. The summed E-state index contributed by atoms with van der Waals surface area (Å²) in [5, 5.41) is 4.16. The molecule has 1 aromatic heterocycles. The maximum absolute atomic E-state index is 6.30. The molecule has 1 unspecified atom stereocenters. The fourth-order valence-electron chi connectivity index (χ4n) is 3.63. The summed E-state index contributed by atoms with van der Waals surface area (Å²) in [6, 6.07) is 10.6. The fourth-order valence-corrected chi connectivity index (χ4v) is 3.63. The molecule has 2 fully saturated rings. The van der Waals surface area contributed by atoms with Crippen molar-refractivity contribution in [1.82, 2.24) is 15.0 Å². The van der Waals surface area contributed by atoms with Gasteiger partial charge < -0.3 is 10.3 Å². The van der Waals surface area contributed by atoms with Gasteiger partial charge in [-0.1, -0.05) is 35.5 Å². The quantitative estimate of drug-likeness (QED) is 0.918. The predicted molar refractivity (Wildman–Crippen MR) is 95.0 cm³/mol. The lowest BCUT2D eigenvalue weighted by Crippen LogP contribution is -2.44. The number of hydrogen-bond donors (Lipinski definition) is 1. The lowest BCUT2D eigenvalue weighted by Gasteiger charge is -2.34. The molecule has 1 aliphatic heterocycles. The second-order valence-corrected chi connectivity index (χ2v) is 7.03. The SMILES string of the molecule is Cl.NC1(c2noc(C3CCCN(Cc4ccccc4)C3)n2)CCC1. The molecule has 1 saturated carbocycles. The molecule has 5 nitrogen and oxygen atoms in total. The number of likely N-dealkylation sites (tertiary alicyclic amines) is 1. The Kier molecular flexibility index (Phi) is 5.23. The van der Waals surface area contributed by atoms with Crippen molar-refractivity contribution in [3.05, 3.63) is 47.6 Å². The Morgan fingerprint density at radius 2 is 2.00 bits per heavy atom. The second-order valence-electron chi connectivity index (χ2n) is 7.03. The predicted octanol–water partition coefficient (Wildman–Crippen LogP) is 3.21. The van der Waals surface area contributed by atoms with E-state index < -0.39 is 0 Å². The van der Waals surface area contributed by atoms with E-state index in [-0.39, 0.29) is 17.9 Å². The highest BCUT2D eigenvalue weighted by Gasteiger charge is 2.39. The van der Waals surface area contributed by atoms with Crippen LogP contribution in [0.2, 0.25) is 0 Å². The molecule has 0 spiro atoms. The molecule has 24 heavy (non-hydrogen) atoms. The van der Waals surface area contributed by atoms with Crippen LogP contribution in [0.4, 0.5) is 0 Å². The van der Waals surface area contributed by atoms with Gasteiger partial charge in [0.05, 0.1) is 11.5 Å². The monoisotopic (exact) mass is 348 g/mol. The Morgan fingerprint density at radius 3 is 2.71 bits per heavy atom. The van der Waals surface area contributed by atoms with Crippen LogP contribution in [0, 0.1) is 0 Å². The standard InChI is InChI=1S/C18H24N4O.ClH/c19-18(9-5-10-18)17-20-16(23-21-17)15-8-4-11-22(13-15)12-14-6-2-1-3-7-14;/h1-3,6-7,15H,4-5,8-13,19H2;1H. The van der Waals surface area contributed by atoms with E-state index in [2.05, 4.69) is 45.4 Å². The van der Waals surface area contributed by atoms with Crippen LogP contribution >= 0.6 is 12.4 Å². The van der Waals surface area contributed by atoms with Gasteiger partial charge in [-0.3, -0.25) is 4.90 Å². The van der Waals surface area contributed by atoms with E-state index in [4.69, 9.17) is 10.3 Å². The van der Waals surface area contributed by atoms with Crippen molar-refractivity contribution in [2.45, 2.75) is 50.1 Å². The molecule has 0 radical (unpaired) electrons. The van der Waals surface area contributed by atoms with Gasteiger partial charge in [-0.2, -0.15) is 4.98 Å². The average Bonchev–Trinajstić information content (AvgIpc) is 3.04. The van der Waals surface area contributed by atoms with Gasteiger partial charge in [0.25, 0.3) is 0 Å². The summed E-state index contributed by atoms with van der Waals surface area (Å²) in [7, 11) is 0. The zero-order valence-corrected chi connectivity index (χ0v) is 14.7. The number of aromatic nitrogens is 2. The van der Waals surface area contributed by atoms with E-state index in [1.54, 1.807) is 0 Å². The Labute approximate surface area is 149 Å². The van der Waals surface area contributed by atoms with Crippen molar-refractivity contribution in [2.24, 2.45) is 5.73 Å². The maximum Gasteiger partial charge on any atom is 0.231 e. The molecule has 0 amide bonds. The molecule has 130 valence electrons. The molecule has 2 N–H and O–H groups in total. The van der Waals surface area contributed by atoms with E-state index in [1.165, 1.54) is 12.0 Å². The first-order valence-electron chi connectivity index (χ1n) is 8.62. The van der Waals surface area contributed by atoms with Gasteiger partial charge in [0.15, 0.2) is 5.82 Å². The molecule has 1 saturated heterocycles. The smallest absolute Gasteiger partial charge is 0.231 e. The minimum atomic E-state index is -0.333. The molecule has 1 aliphatic carbocycles. The number of benzene rings is 1. The molecule has 2 aliphatic rings. The molecule has 1 atom stereocenters. The number of piperidine rings is 1. The van der Waals surface area contributed by atoms with E-state index in [1.807, 2.05) is 0 Å². The molecule has 4 rings (SSSR count). The van der Waals surface area contributed by atoms with Crippen LogP contribution in [0.3, 0.4) is 0 Å². The summed E-state index contributed by atoms with van der Waals surface area (Å²) < 4.78 is 5.56. The van der Waals surface area contributed by atoms with Crippen molar-refractivity contribution in [1.29, 1.82) is 0 Å². The summed E-state index contributed by atoms with van der Waals surface area (Å²) in [5.74, 6) is 1.81. The minimum Gasteiger partial charge on any atom is -0.339 e. The van der Waals surface area contributed by atoms with Crippen LogP contribution in [0.15, 0.2) is 34.9 Å². The van der Waals surface area contributed by atoms with E-state index >= 15 is 0 Å². The Hall–Kier alpha value is -1.43. The molecule has 0 bridgehead atoms. The zero-order chi connectivity index (χ0) is 15.7. The van der Waals surface area contributed by atoms with Crippen molar-refractivity contribution in [3.63, 3.8) is 0 Å². The fraction of sp³-hybridized carbons (Fsp3) is 0.556. The number of hydrogen-bond acceptors (Lipinski definition) is 5. The summed E-state index contributed by atoms with van der Waals surface area (Å²) in [6.07, 6.45) is 5.38. The van der Waals surface area contributed by atoms with Crippen molar-refractivity contribution >= 4 is 12.4 Å². The van der Waals surface area contributed by atoms with Crippen molar-refractivity contribution in [2.75, 3.05) is 13.1 Å². The third-order valence-corrected chi connectivity index (χ3v) is 5.24. The molecule has 1 aromatic carbocycles. The number of rotatable bonds is 4. The zero-order valence-electron chi connectivity index (χ0n) is 13.9. The van der Waals surface area contributed by atoms with Crippen LogP contribution in [-0.4, -0.2) is 28.1 Å². The molecule has 2 heterocycles. The van der Waals surface area contributed by atoms with Crippen LogP contribution in [0.1, 0.15) is 55.3 Å². The second kappa shape index (κ2) is 7.21. The summed E-state index contributed by atoms with van der Waals surface area (Å²) in [6.45, 7) is 3.10. The van der Waals surface area contributed by atoms with Crippen molar-refractivity contribution in [3.8, 4) is 0 Å². The number of nitrogens with zero attached hydrogens (tertiary/aromatic N) is 3. The highest BCUT2D eigenvalue weighted by atomic mass is 35.5. The van der Waals surface area contributed by atoms with Gasteiger partial charge in [0.1, 0.15) is 0 Å². The van der Waals surface area contributed by atoms with Crippen LogP contribution in [-0.2, 0) is 12.1 Å². The first-order chi connectivity index (χ1) is 11.2. The van der Waals surface area contributed by atoms with E-state index in [9.17, 15) is 0 Å². The van der Waals surface area contributed by atoms with Crippen LogP contribution in [0.25, 0.3) is 0 Å². The minimum absolute atomic E-state index is 0. The van der Waals surface area contributed by atoms with Gasteiger partial charge in [-0.25, -0.2) is 0 Å². The van der Waals surface area contributed by atoms with E-state index in [0.717, 1.165) is 51.2 Å². The number of nitrogens with two attached hydrogens (primary N) is 1. The average molecular weight is 349 g/mol. The number of halogens is 1. The van der Waals surface area contributed by atoms with Gasteiger partial charge in [0.2, 0.25) is 5.89 Å². The van der Waals surface area contributed by atoms with Crippen molar-refractivity contribution < 1.29 is 4.52 Å². The maximum atomic E-state index is 6.30. The van der Waals surface area contributed by atoms with Gasteiger partial charge in [0, 0.05) is 13.1 Å². The Bertz CT molecular complexity index is 656. The normalized spacial score (nSPS) is 23.3. The van der Waals surface area contributed by atoms with Gasteiger partial charge in [-0.15, -0.1) is 12.4 Å². The highest BCUT2D eigenvalue weighted by molar-refractivity contribution is 5.85. The molecule has 6 heteroatoms. The third kappa shape index (κ3) is 3.48. The molecule has 2 aromatic rings. The lowest BCUT2D eigenvalue weighted by atomic mass is 9.77.